The van der Waals surface area contributed by atoms with Gasteiger partial charge in [-0.05, 0) is 45.0 Å². The lowest BCUT2D eigenvalue weighted by Gasteiger charge is -2.22. The van der Waals surface area contributed by atoms with Crippen molar-refractivity contribution in [1.29, 1.82) is 0 Å². The van der Waals surface area contributed by atoms with E-state index in [4.69, 9.17) is 0 Å². The topological polar surface area (TPSA) is 25.2 Å². The van der Waals surface area contributed by atoms with Gasteiger partial charge in [-0.3, -0.25) is 4.79 Å². The zero-order valence-corrected chi connectivity index (χ0v) is 13.0. The minimum atomic E-state index is -0.287. The molecule has 0 atom stereocenters. The van der Waals surface area contributed by atoms with Gasteiger partial charge in [0, 0.05) is 36.2 Å². The highest BCUT2D eigenvalue weighted by atomic mass is 19.1. The Morgan fingerprint density at radius 3 is 2.52 bits per heavy atom. The average Bonchev–Trinajstić information content (AvgIpc) is 2.72. The quantitative estimate of drug-likeness (QED) is 0.787. The highest BCUT2D eigenvalue weighted by Crippen LogP contribution is 2.18. The van der Waals surface area contributed by atoms with Gasteiger partial charge in [0.2, 0.25) is 0 Å². The molecule has 112 valence electrons. The minimum Gasteiger partial charge on any atom is -0.364 e. The van der Waals surface area contributed by atoms with E-state index in [2.05, 4.69) is 0 Å². The summed E-state index contributed by atoms with van der Waals surface area (Å²) in [6, 6.07) is 8.26. The van der Waals surface area contributed by atoms with Crippen molar-refractivity contribution in [3.8, 4) is 0 Å². The number of Topliss-reactive ketones (excluding diaryl/α,β-unsaturated/α-hetero) is 1. The van der Waals surface area contributed by atoms with Crippen molar-refractivity contribution < 1.29 is 9.18 Å². The Labute approximate surface area is 125 Å². The SMILES string of the molecule is CCN(CC(=O)c1cc(C)n(C)c1C)c1cccc(F)c1. The molecule has 0 saturated heterocycles. The molecule has 4 heteroatoms. The molecule has 1 aromatic heterocycles. The molecular weight excluding hydrogens is 267 g/mol. The summed E-state index contributed by atoms with van der Waals surface area (Å²) in [5.41, 5.74) is 3.50. The van der Waals surface area contributed by atoms with Gasteiger partial charge in [-0.15, -0.1) is 0 Å². The predicted molar refractivity (Wildman–Crippen MR) is 83.5 cm³/mol. The average molecular weight is 288 g/mol. The maximum absolute atomic E-state index is 13.3. The van der Waals surface area contributed by atoms with Crippen molar-refractivity contribution in [3.63, 3.8) is 0 Å². The van der Waals surface area contributed by atoms with Crippen LogP contribution in [0, 0.1) is 19.7 Å². The number of rotatable bonds is 5. The molecule has 0 saturated carbocycles. The fourth-order valence-corrected chi connectivity index (χ4v) is 2.45. The van der Waals surface area contributed by atoms with E-state index in [1.807, 2.05) is 49.4 Å². The second-order valence-corrected chi connectivity index (χ2v) is 5.26. The minimum absolute atomic E-state index is 0.0577. The molecule has 2 rings (SSSR count). The van der Waals surface area contributed by atoms with Crippen LogP contribution in [-0.2, 0) is 7.05 Å². The van der Waals surface area contributed by atoms with E-state index >= 15 is 0 Å². The molecule has 1 heterocycles. The van der Waals surface area contributed by atoms with Crippen LogP contribution in [0.3, 0.4) is 0 Å². The van der Waals surface area contributed by atoms with Crippen molar-refractivity contribution >= 4 is 11.5 Å². The molecule has 0 fully saturated rings. The molecule has 0 bridgehead atoms. The molecule has 0 aliphatic heterocycles. The lowest BCUT2D eigenvalue weighted by molar-refractivity contribution is 0.0998. The first-order chi connectivity index (χ1) is 9.93. The lowest BCUT2D eigenvalue weighted by atomic mass is 10.1. The third-order valence-electron chi connectivity index (χ3n) is 3.97. The Kier molecular flexibility index (Phi) is 4.46. The highest BCUT2D eigenvalue weighted by Gasteiger charge is 2.17. The number of hydrogen-bond acceptors (Lipinski definition) is 2. The van der Waals surface area contributed by atoms with E-state index in [1.165, 1.54) is 12.1 Å². The monoisotopic (exact) mass is 288 g/mol. The van der Waals surface area contributed by atoms with Gasteiger partial charge in [-0.2, -0.15) is 0 Å². The number of ketones is 1. The lowest BCUT2D eigenvalue weighted by Crippen LogP contribution is -2.29. The normalized spacial score (nSPS) is 10.7. The molecule has 0 aliphatic rings. The Morgan fingerprint density at radius 2 is 2.00 bits per heavy atom. The van der Waals surface area contributed by atoms with Crippen LogP contribution in [0.1, 0.15) is 28.7 Å². The van der Waals surface area contributed by atoms with Crippen LogP contribution >= 0.6 is 0 Å². The van der Waals surface area contributed by atoms with E-state index in [-0.39, 0.29) is 18.1 Å². The van der Waals surface area contributed by atoms with Crippen LogP contribution in [0.25, 0.3) is 0 Å². The van der Waals surface area contributed by atoms with Crippen molar-refractivity contribution in [2.45, 2.75) is 20.8 Å². The maximum Gasteiger partial charge on any atom is 0.183 e. The smallest absolute Gasteiger partial charge is 0.183 e. The summed E-state index contributed by atoms with van der Waals surface area (Å²) in [5.74, 6) is -0.229. The molecule has 0 N–H and O–H groups in total. The number of carbonyl (C=O) groups excluding carboxylic acids is 1. The summed E-state index contributed by atoms with van der Waals surface area (Å²) >= 11 is 0. The number of benzene rings is 1. The molecule has 0 radical (unpaired) electrons. The number of halogens is 1. The third-order valence-corrected chi connectivity index (χ3v) is 3.97. The van der Waals surface area contributed by atoms with Gasteiger partial charge >= 0.3 is 0 Å². The largest absolute Gasteiger partial charge is 0.364 e. The molecule has 0 amide bonds. The number of likely N-dealkylation sites (N-methyl/N-ethyl adjacent to an activating group) is 1. The summed E-state index contributed by atoms with van der Waals surface area (Å²) in [7, 11) is 1.95. The fourth-order valence-electron chi connectivity index (χ4n) is 2.45. The van der Waals surface area contributed by atoms with Crippen LogP contribution in [0.5, 0.6) is 0 Å². The van der Waals surface area contributed by atoms with Crippen molar-refractivity contribution in [3.05, 3.63) is 53.1 Å². The molecule has 21 heavy (non-hydrogen) atoms. The number of carbonyl (C=O) groups is 1. The number of nitrogens with zero attached hydrogens (tertiary/aromatic N) is 2. The van der Waals surface area contributed by atoms with Crippen LogP contribution < -0.4 is 4.90 Å². The van der Waals surface area contributed by atoms with Gasteiger partial charge in [-0.25, -0.2) is 4.39 Å². The van der Waals surface area contributed by atoms with Gasteiger partial charge in [-0.1, -0.05) is 6.07 Å². The molecule has 0 unspecified atom stereocenters. The van der Waals surface area contributed by atoms with Gasteiger partial charge in [0.1, 0.15) is 5.82 Å². The van der Waals surface area contributed by atoms with E-state index in [9.17, 15) is 9.18 Å². The second kappa shape index (κ2) is 6.12. The summed E-state index contributed by atoms with van der Waals surface area (Å²) in [5, 5.41) is 0. The van der Waals surface area contributed by atoms with Gasteiger partial charge in [0.05, 0.1) is 6.54 Å². The van der Waals surface area contributed by atoms with Crippen molar-refractivity contribution in [2.75, 3.05) is 18.0 Å². The van der Waals surface area contributed by atoms with Crippen LogP contribution in [0.4, 0.5) is 10.1 Å². The van der Waals surface area contributed by atoms with Crippen molar-refractivity contribution in [1.82, 2.24) is 4.57 Å². The predicted octanol–water partition coefficient (Wildman–Crippen LogP) is 3.49. The summed E-state index contributed by atoms with van der Waals surface area (Å²) in [6.45, 7) is 6.79. The first kappa shape index (κ1) is 15.3. The first-order valence-corrected chi connectivity index (χ1v) is 7.10. The molecule has 3 nitrogen and oxygen atoms in total. The Balaban J connectivity index is 2.22. The maximum atomic E-state index is 13.3. The highest BCUT2D eigenvalue weighted by molar-refractivity contribution is 6.00. The molecule has 0 aliphatic carbocycles. The van der Waals surface area contributed by atoms with Crippen LogP contribution in [-0.4, -0.2) is 23.4 Å². The van der Waals surface area contributed by atoms with Gasteiger partial charge in [0.25, 0.3) is 0 Å². The number of anilines is 1. The summed E-state index contributed by atoms with van der Waals surface area (Å²) in [6.07, 6.45) is 0. The number of hydrogen-bond donors (Lipinski definition) is 0. The van der Waals surface area contributed by atoms with Crippen molar-refractivity contribution in [2.24, 2.45) is 7.05 Å². The fraction of sp³-hybridized carbons (Fsp3) is 0.353. The first-order valence-electron chi connectivity index (χ1n) is 7.10. The molecule has 2 aromatic rings. The molecule has 1 aromatic carbocycles. The molecule has 0 spiro atoms. The van der Waals surface area contributed by atoms with E-state index in [1.54, 1.807) is 6.07 Å². The zero-order chi connectivity index (χ0) is 15.6. The Morgan fingerprint density at radius 1 is 1.29 bits per heavy atom. The standard InChI is InChI=1S/C17H21FN2O/c1-5-20(15-8-6-7-14(18)10-15)11-17(21)16-9-12(2)19(4)13(16)3/h6-10H,5,11H2,1-4H3. The van der Waals surface area contributed by atoms with Gasteiger partial charge < -0.3 is 9.47 Å². The number of aryl methyl sites for hydroxylation is 1. The zero-order valence-electron chi connectivity index (χ0n) is 13.0. The Hall–Kier alpha value is -2.10. The van der Waals surface area contributed by atoms with Gasteiger partial charge in [0.15, 0.2) is 5.78 Å². The summed E-state index contributed by atoms with van der Waals surface area (Å²) in [4.78, 5) is 14.4. The van der Waals surface area contributed by atoms with E-state index in [0.29, 0.717) is 6.54 Å². The van der Waals surface area contributed by atoms with Crippen LogP contribution in [0.15, 0.2) is 30.3 Å². The second-order valence-electron chi connectivity index (χ2n) is 5.26. The van der Waals surface area contributed by atoms with Crippen LogP contribution in [0.2, 0.25) is 0 Å². The third kappa shape index (κ3) is 3.15. The molecular formula is C17H21FN2O. The van der Waals surface area contributed by atoms with E-state index in [0.717, 1.165) is 22.6 Å². The summed E-state index contributed by atoms with van der Waals surface area (Å²) < 4.78 is 15.3. The number of aromatic nitrogens is 1. The Bertz CT molecular complexity index is 661. The van der Waals surface area contributed by atoms with E-state index < -0.39 is 0 Å².